The standard InChI is InChI=1S/C13H18F3N3O3S.ClH/c1-12(2,17)7-19-23(21,22)10-5-3-9(4-6-10)11(20)18-8-13(14,15)16;/h3-6,19H,7-8,17H2,1-2H3,(H,18,20);1H. The normalized spacial score (nSPS) is 12.4. The fraction of sp³-hybridized carbons (Fsp3) is 0.462. The van der Waals surface area contributed by atoms with E-state index in [1.807, 2.05) is 0 Å². The molecule has 0 saturated carbocycles. The number of carbonyl (C=O) groups excluding carboxylic acids is 1. The Morgan fingerprint density at radius 2 is 1.62 bits per heavy atom. The Labute approximate surface area is 144 Å². The number of alkyl halides is 3. The molecule has 6 nitrogen and oxygen atoms in total. The third-order valence-corrected chi connectivity index (χ3v) is 4.01. The van der Waals surface area contributed by atoms with Crippen molar-refractivity contribution in [3.63, 3.8) is 0 Å². The molecule has 0 aliphatic rings. The van der Waals surface area contributed by atoms with Gasteiger partial charge in [-0.25, -0.2) is 13.1 Å². The molecular formula is C13H19ClF3N3O3S. The van der Waals surface area contributed by atoms with Gasteiger partial charge >= 0.3 is 6.18 Å². The molecule has 0 unspecified atom stereocenters. The zero-order chi connectivity index (χ0) is 17.9. The van der Waals surface area contributed by atoms with Crippen molar-refractivity contribution in [1.82, 2.24) is 10.0 Å². The van der Waals surface area contributed by atoms with Crippen LogP contribution in [-0.2, 0) is 10.0 Å². The van der Waals surface area contributed by atoms with Gasteiger partial charge in [0.1, 0.15) is 6.54 Å². The first kappa shape index (κ1) is 22.6. The molecule has 0 saturated heterocycles. The second-order valence-electron chi connectivity index (χ2n) is 5.64. The molecule has 1 rings (SSSR count). The number of nitrogens with two attached hydrogens (primary N) is 1. The fourth-order valence-electron chi connectivity index (χ4n) is 1.43. The molecule has 0 bridgehead atoms. The van der Waals surface area contributed by atoms with Crippen molar-refractivity contribution < 1.29 is 26.4 Å². The average molecular weight is 390 g/mol. The van der Waals surface area contributed by atoms with Crippen molar-refractivity contribution in [2.45, 2.75) is 30.5 Å². The van der Waals surface area contributed by atoms with Crippen LogP contribution in [0.4, 0.5) is 13.2 Å². The molecule has 0 aromatic heterocycles. The lowest BCUT2D eigenvalue weighted by Gasteiger charge is -2.19. The lowest BCUT2D eigenvalue weighted by atomic mass is 10.1. The van der Waals surface area contributed by atoms with Crippen LogP contribution in [0.1, 0.15) is 24.2 Å². The van der Waals surface area contributed by atoms with Gasteiger partial charge in [-0.15, -0.1) is 12.4 Å². The van der Waals surface area contributed by atoms with Gasteiger partial charge in [0, 0.05) is 17.6 Å². The maximum absolute atomic E-state index is 12.0. The highest BCUT2D eigenvalue weighted by Gasteiger charge is 2.28. The van der Waals surface area contributed by atoms with Crippen LogP contribution in [0.3, 0.4) is 0 Å². The lowest BCUT2D eigenvalue weighted by molar-refractivity contribution is -0.123. The van der Waals surface area contributed by atoms with Gasteiger partial charge in [-0.1, -0.05) is 0 Å². The largest absolute Gasteiger partial charge is 0.405 e. The van der Waals surface area contributed by atoms with E-state index in [9.17, 15) is 26.4 Å². The molecule has 0 heterocycles. The summed E-state index contributed by atoms with van der Waals surface area (Å²) in [5, 5.41) is 1.70. The van der Waals surface area contributed by atoms with E-state index < -0.39 is 34.2 Å². The SMILES string of the molecule is CC(C)(N)CNS(=O)(=O)c1ccc(C(=O)NCC(F)(F)F)cc1.Cl. The van der Waals surface area contributed by atoms with Crippen LogP contribution in [-0.4, -0.2) is 39.1 Å². The number of amides is 1. The van der Waals surface area contributed by atoms with E-state index in [1.54, 1.807) is 19.2 Å². The highest BCUT2D eigenvalue weighted by atomic mass is 35.5. The van der Waals surface area contributed by atoms with Crippen LogP contribution in [0.5, 0.6) is 0 Å². The van der Waals surface area contributed by atoms with Gasteiger partial charge in [-0.3, -0.25) is 4.79 Å². The molecule has 138 valence electrons. The maximum Gasteiger partial charge on any atom is 0.405 e. The van der Waals surface area contributed by atoms with E-state index in [0.29, 0.717) is 0 Å². The van der Waals surface area contributed by atoms with Crippen molar-refractivity contribution in [3.8, 4) is 0 Å². The predicted octanol–water partition coefficient (Wildman–Crippen LogP) is 1.42. The third kappa shape index (κ3) is 7.95. The second kappa shape index (κ2) is 8.15. The van der Waals surface area contributed by atoms with E-state index in [4.69, 9.17) is 5.73 Å². The summed E-state index contributed by atoms with van der Waals surface area (Å²) in [5.41, 5.74) is 4.86. The minimum Gasteiger partial charge on any atom is -0.343 e. The average Bonchev–Trinajstić information content (AvgIpc) is 2.41. The summed E-state index contributed by atoms with van der Waals surface area (Å²) in [7, 11) is -3.81. The van der Waals surface area contributed by atoms with Crippen molar-refractivity contribution >= 4 is 28.3 Å². The first-order valence-electron chi connectivity index (χ1n) is 6.54. The van der Waals surface area contributed by atoms with Crippen molar-refractivity contribution in [2.75, 3.05) is 13.1 Å². The molecule has 1 amide bonds. The number of benzene rings is 1. The minimum atomic E-state index is -4.52. The Morgan fingerprint density at radius 1 is 1.12 bits per heavy atom. The van der Waals surface area contributed by atoms with Gasteiger partial charge in [0.15, 0.2) is 0 Å². The van der Waals surface area contributed by atoms with Crippen molar-refractivity contribution in [2.24, 2.45) is 5.73 Å². The summed E-state index contributed by atoms with van der Waals surface area (Å²) in [6.07, 6.45) is -4.52. The number of hydrogen-bond donors (Lipinski definition) is 3. The molecule has 0 fully saturated rings. The number of nitrogens with one attached hydrogen (secondary N) is 2. The Morgan fingerprint density at radius 3 is 2.04 bits per heavy atom. The molecule has 4 N–H and O–H groups in total. The lowest BCUT2D eigenvalue weighted by Crippen LogP contribution is -2.45. The van der Waals surface area contributed by atoms with Gasteiger partial charge in [0.2, 0.25) is 10.0 Å². The van der Waals surface area contributed by atoms with Crippen molar-refractivity contribution in [3.05, 3.63) is 29.8 Å². The Kier molecular flexibility index (Phi) is 7.68. The maximum atomic E-state index is 12.0. The monoisotopic (exact) mass is 389 g/mol. The van der Waals surface area contributed by atoms with Crippen LogP contribution >= 0.6 is 12.4 Å². The predicted molar refractivity (Wildman–Crippen MR) is 85.5 cm³/mol. The Bertz CT molecular complexity index is 656. The summed E-state index contributed by atoms with van der Waals surface area (Å²) >= 11 is 0. The van der Waals surface area contributed by atoms with E-state index in [2.05, 4.69) is 4.72 Å². The number of hydrogen-bond acceptors (Lipinski definition) is 4. The molecule has 24 heavy (non-hydrogen) atoms. The molecule has 0 atom stereocenters. The van der Waals surface area contributed by atoms with Gasteiger partial charge in [0.05, 0.1) is 4.90 Å². The smallest absolute Gasteiger partial charge is 0.343 e. The number of sulfonamides is 1. The first-order chi connectivity index (χ1) is 10.3. The van der Waals surface area contributed by atoms with E-state index in [1.165, 1.54) is 0 Å². The quantitative estimate of drug-likeness (QED) is 0.684. The van der Waals surface area contributed by atoms with Crippen LogP contribution in [0.15, 0.2) is 29.2 Å². The molecule has 11 heteroatoms. The molecule has 0 aliphatic carbocycles. The molecule has 0 aliphatic heterocycles. The molecule has 1 aromatic carbocycles. The Hall–Kier alpha value is -1.36. The zero-order valence-corrected chi connectivity index (χ0v) is 14.6. The number of rotatable bonds is 6. The van der Waals surface area contributed by atoms with Crippen molar-refractivity contribution in [1.29, 1.82) is 0 Å². The summed E-state index contributed by atoms with van der Waals surface area (Å²) < 4.78 is 62.4. The van der Waals surface area contributed by atoms with Crippen LogP contribution in [0.2, 0.25) is 0 Å². The van der Waals surface area contributed by atoms with Gasteiger partial charge in [-0.05, 0) is 38.1 Å². The van der Waals surface area contributed by atoms with Crippen LogP contribution in [0, 0.1) is 0 Å². The van der Waals surface area contributed by atoms with Gasteiger partial charge < -0.3 is 11.1 Å². The van der Waals surface area contributed by atoms with E-state index >= 15 is 0 Å². The number of carbonyl (C=O) groups is 1. The fourth-order valence-corrected chi connectivity index (χ4v) is 2.66. The summed E-state index contributed by atoms with van der Waals surface area (Å²) in [4.78, 5) is 11.4. The summed E-state index contributed by atoms with van der Waals surface area (Å²) in [6.45, 7) is 1.83. The van der Waals surface area contributed by atoms with Crippen LogP contribution < -0.4 is 15.8 Å². The topological polar surface area (TPSA) is 101 Å². The Balaban J connectivity index is 0.00000529. The summed E-state index contributed by atoms with van der Waals surface area (Å²) in [6, 6.07) is 4.53. The minimum absolute atomic E-state index is 0. The highest BCUT2D eigenvalue weighted by Crippen LogP contribution is 2.14. The first-order valence-corrected chi connectivity index (χ1v) is 8.02. The van der Waals surface area contributed by atoms with E-state index in [-0.39, 0.29) is 29.4 Å². The molecule has 1 aromatic rings. The number of halogens is 4. The van der Waals surface area contributed by atoms with Crippen LogP contribution in [0.25, 0.3) is 0 Å². The third-order valence-electron chi connectivity index (χ3n) is 2.59. The highest BCUT2D eigenvalue weighted by molar-refractivity contribution is 7.89. The van der Waals surface area contributed by atoms with Gasteiger partial charge in [-0.2, -0.15) is 13.2 Å². The molecular weight excluding hydrogens is 371 g/mol. The second-order valence-corrected chi connectivity index (χ2v) is 7.40. The summed E-state index contributed by atoms with van der Waals surface area (Å²) in [5.74, 6) is -0.942. The van der Waals surface area contributed by atoms with E-state index in [0.717, 1.165) is 24.3 Å². The molecule has 0 spiro atoms. The zero-order valence-electron chi connectivity index (χ0n) is 13.0. The molecule has 0 radical (unpaired) electrons. The van der Waals surface area contributed by atoms with Gasteiger partial charge in [0.25, 0.3) is 5.91 Å².